The Balaban J connectivity index is 1.05. The summed E-state index contributed by atoms with van der Waals surface area (Å²) in [7, 11) is 0. The van der Waals surface area contributed by atoms with Gasteiger partial charge in [-0.3, -0.25) is 4.57 Å². The first kappa shape index (κ1) is 30.7. The molecule has 0 unspecified atom stereocenters. The molecule has 3 heterocycles. The number of aromatic nitrogens is 2. The summed E-state index contributed by atoms with van der Waals surface area (Å²) in [6.07, 6.45) is 1.85. The minimum Gasteiger partial charge on any atom is -0.457 e. The Morgan fingerprint density at radius 3 is 1.94 bits per heavy atom. The molecule has 5 heteroatoms. The van der Waals surface area contributed by atoms with E-state index in [1.54, 1.807) is 0 Å². The van der Waals surface area contributed by atoms with Crippen molar-refractivity contribution >= 4 is 44.7 Å². The Hall–Kier alpha value is -6.33. The van der Waals surface area contributed by atoms with E-state index < -0.39 is 0 Å². The summed E-state index contributed by atoms with van der Waals surface area (Å²) < 4.78 is 8.79. The lowest BCUT2D eigenvalue weighted by atomic mass is 9.85. The van der Waals surface area contributed by atoms with Gasteiger partial charge in [0.25, 0.3) is 0 Å². The smallest absolute Gasteiger partial charge is 0.145 e. The molecule has 0 bridgehead atoms. The van der Waals surface area contributed by atoms with Crippen molar-refractivity contribution in [3.8, 4) is 28.3 Å². The summed E-state index contributed by atoms with van der Waals surface area (Å²) in [5, 5.41) is 2.31. The number of hydrogen-bond donors (Lipinski definition) is 0. The molecule has 0 atom stereocenters. The van der Waals surface area contributed by atoms with Crippen molar-refractivity contribution in [1.82, 2.24) is 9.55 Å². The highest BCUT2D eigenvalue weighted by Crippen LogP contribution is 2.46. The molecule has 9 rings (SSSR count). The molecular weight excluding hydrogens is 625 g/mol. The average Bonchev–Trinajstić information content (AvgIpc) is 3.72. The van der Waals surface area contributed by atoms with Crippen LogP contribution in [0.1, 0.15) is 26.3 Å². The number of para-hydroxylation sites is 3. The van der Waals surface area contributed by atoms with Gasteiger partial charge >= 0.3 is 0 Å². The van der Waals surface area contributed by atoms with E-state index in [9.17, 15) is 0 Å². The van der Waals surface area contributed by atoms with Crippen LogP contribution in [0.25, 0.3) is 38.8 Å². The van der Waals surface area contributed by atoms with Crippen LogP contribution in [0.2, 0.25) is 0 Å². The lowest BCUT2D eigenvalue weighted by Gasteiger charge is -2.26. The predicted molar refractivity (Wildman–Crippen MR) is 211 cm³/mol. The highest BCUT2D eigenvalue weighted by molar-refractivity contribution is 6.07. The molecule has 8 aromatic rings. The highest BCUT2D eigenvalue weighted by Gasteiger charge is 2.29. The number of anilines is 4. The van der Waals surface area contributed by atoms with Gasteiger partial charge in [-0.05, 0) is 88.8 Å². The van der Waals surface area contributed by atoms with Crippen LogP contribution in [-0.4, -0.2) is 16.2 Å². The largest absolute Gasteiger partial charge is 0.457 e. The number of fused-ring (bicyclic) bond motifs is 4. The van der Waals surface area contributed by atoms with E-state index in [0.29, 0.717) is 6.67 Å². The molecule has 0 saturated carbocycles. The highest BCUT2D eigenvalue weighted by atomic mass is 16.5. The maximum Gasteiger partial charge on any atom is 0.145 e. The maximum absolute atomic E-state index is 6.58. The minimum absolute atomic E-state index is 0.000493. The van der Waals surface area contributed by atoms with Crippen molar-refractivity contribution in [1.29, 1.82) is 0 Å². The van der Waals surface area contributed by atoms with Crippen molar-refractivity contribution in [2.24, 2.45) is 0 Å². The molecule has 1 aliphatic heterocycles. The van der Waals surface area contributed by atoms with Gasteiger partial charge in [-0.2, -0.15) is 0 Å². The summed E-state index contributed by atoms with van der Waals surface area (Å²) in [6.45, 7) is 7.53. The van der Waals surface area contributed by atoms with E-state index in [4.69, 9.17) is 9.72 Å². The first-order valence-electron chi connectivity index (χ1n) is 17.5. The molecule has 0 N–H and O–H groups in total. The first-order valence-corrected chi connectivity index (χ1v) is 17.5. The number of nitrogens with zero attached hydrogens (tertiary/aromatic N) is 4. The van der Waals surface area contributed by atoms with E-state index >= 15 is 0 Å². The maximum atomic E-state index is 6.58. The molecule has 0 radical (unpaired) electrons. The molecular formula is C46H38N4O. The van der Waals surface area contributed by atoms with Crippen LogP contribution in [-0.2, 0) is 5.41 Å². The third-order valence-electron chi connectivity index (χ3n) is 9.82. The number of benzene rings is 6. The molecule has 248 valence electrons. The second kappa shape index (κ2) is 12.2. The van der Waals surface area contributed by atoms with Gasteiger partial charge in [0.1, 0.15) is 23.8 Å². The molecule has 0 aliphatic carbocycles. The Kier molecular flexibility index (Phi) is 7.36. The number of hydrogen-bond acceptors (Lipinski definition) is 4. The van der Waals surface area contributed by atoms with E-state index in [0.717, 1.165) is 45.1 Å². The van der Waals surface area contributed by atoms with Crippen LogP contribution >= 0.6 is 0 Å². The topological polar surface area (TPSA) is 33.5 Å². The van der Waals surface area contributed by atoms with E-state index in [2.05, 4.69) is 169 Å². The molecule has 6 aromatic carbocycles. The summed E-state index contributed by atoms with van der Waals surface area (Å²) in [5.41, 5.74) is 11.4. The minimum atomic E-state index is -0.000493. The fraction of sp³-hybridized carbons (Fsp3) is 0.109. The lowest BCUT2D eigenvalue weighted by molar-refractivity contribution is 0.482. The summed E-state index contributed by atoms with van der Waals surface area (Å²) in [5.74, 6) is 1.55. The van der Waals surface area contributed by atoms with Crippen LogP contribution in [0.15, 0.2) is 164 Å². The van der Waals surface area contributed by atoms with Crippen LogP contribution < -0.4 is 14.5 Å². The third-order valence-corrected chi connectivity index (χ3v) is 9.82. The van der Waals surface area contributed by atoms with E-state index in [1.165, 1.54) is 33.5 Å². The van der Waals surface area contributed by atoms with Gasteiger partial charge in [0, 0.05) is 40.5 Å². The van der Waals surface area contributed by atoms with Crippen molar-refractivity contribution in [3.63, 3.8) is 0 Å². The molecule has 0 spiro atoms. The zero-order valence-corrected chi connectivity index (χ0v) is 29.0. The van der Waals surface area contributed by atoms with Gasteiger partial charge in [-0.15, -0.1) is 0 Å². The fourth-order valence-electron chi connectivity index (χ4n) is 7.25. The van der Waals surface area contributed by atoms with E-state index in [1.807, 2.05) is 30.5 Å². The SMILES string of the molecule is CC(C)(C)c1cc(-c2ccccc2)cc(N2CN(c3cccc(Oc4cccc(-n5c6ccccc6c6cccnc65)c4)c3)c3ccccc32)c1. The Morgan fingerprint density at radius 1 is 0.529 bits per heavy atom. The van der Waals surface area contributed by atoms with Gasteiger partial charge in [-0.25, -0.2) is 4.98 Å². The van der Waals surface area contributed by atoms with Crippen molar-refractivity contribution < 1.29 is 4.74 Å². The quantitative estimate of drug-likeness (QED) is 0.177. The van der Waals surface area contributed by atoms with Crippen LogP contribution in [0, 0.1) is 0 Å². The fourth-order valence-corrected chi connectivity index (χ4v) is 7.25. The molecule has 5 nitrogen and oxygen atoms in total. The van der Waals surface area contributed by atoms with Crippen LogP contribution in [0.5, 0.6) is 11.5 Å². The number of rotatable bonds is 6. The van der Waals surface area contributed by atoms with Crippen LogP contribution in [0.3, 0.4) is 0 Å². The Morgan fingerprint density at radius 2 is 1.18 bits per heavy atom. The summed E-state index contributed by atoms with van der Waals surface area (Å²) in [4.78, 5) is 9.55. The second-order valence-corrected chi connectivity index (χ2v) is 14.2. The molecule has 0 amide bonds. The Bertz CT molecular complexity index is 2490. The lowest BCUT2D eigenvalue weighted by Crippen LogP contribution is -2.24. The summed E-state index contributed by atoms with van der Waals surface area (Å²) in [6, 6.07) is 55.6. The zero-order valence-electron chi connectivity index (χ0n) is 29.0. The molecule has 0 fully saturated rings. The average molecular weight is 663 g/mol. The first-order chi connectivity index (χ1) is 24.9. The molecule has 1 aliphatic rings. The molecule has 0 saturated heterocycles. The normalized spacial score (nSPS) is 12.8. The monoisotopic (exact) mass is 662 g/mol. The Labute approximate surface area is 298 Å². The van der Waals surface area contributed by atoms with Crippen molar-refractivity contribution in [2.45, 2.75) is 26.2 Å². The molecule has 51 heavy (non-hydrogen) atoms. The number of pyridine rings is 1. The van der Waals surface area contributed by atoms with Crippen molar-refractivity contribution in [3.05, 3.63) is 169 Å². The third kappa shape index (κ3) is 5.57. The van der Waals surface area contributed by atoms with Gasteiger partial charge in [-0.1, -0.05) is 99.6 Å². The van der Waals surface area contributed by atoms with Gasteiger partial charge in [0.05, 0.1) is 22.6 Å². The zero-order chi connectivity index (χ0) is 34.5. The summed E-state index contributed by atoms with van der Waals surface area (Å²) >= 11 is 0. The van der Waals surface area contributed by atoms with Crippen LogP contribution in [0.4, 0.5) is 22.7 Å². The van der Waals surface area contributed by atoms with Gasteiger partial charge < -0.3 is 14.5 Å². The predicted octanol–water partition coefficient (Wildman–Crippen LogP) is 12.2. The molecule has 2 aromatic heterocycles. The standard InChI is InChI=1S/C46H38N4O/c1-46(2,3)34-26-33(32-14-5-4-6-15-32)27-37(28-34)49-31-48(43-23-9-10-24-44(43)49)35-16-11-18-38(29-35)51-39-19-12-17-36(30-39)50-42-22-8-7-20-40(42)41-21-13-25-47-45(41)50/h4-30H,31H2,1-3H3. The van der Waals surface area contributed by atoms with E-state index in [-0.39, 0.29) is 5.41 Å². The second-order valence-electron chi connectivity index (χ2n) is 14.2. The van der Waals surface area contributed by atoms with Gasteiger partial charge in [0.2, 0.25) is 0 Å². The van der Waals surface area contributed by atoms with Gasteiger partial charge in [0.15, 0.2) is 0 Å². The number of ether oxygens (including phenoxy) is 1. The van der Waals surface area contributed by atoms with Crippen molar-refractivity contribution in [2.75, 3.05) is 16.5 Å².